The Labute approximate surface area is 112 Å². The van der Waals surface area contributed by atoms with Crippen molar-refractivity contribution >= 4 is 7.52 Å². The van der Waals surface area contributed by atoms with E-state index < -0.39 is 7.52 Å². The molecule has 0 rings (SSSR count). The first-order valence-corrected chi connectivity index (χ1v) is 8.63. The smallest absolute Gasteiger partial charge is 0.307 e. The van der Waals surface area contributed by atoms with Gasteiger partial charge in [-0.05, 0) is 19.3 Å². The molecule has 0 aromatic rings. The minimum absolute atomic E-state index is 0.425. The molecule has 0 aromatic carbocycles. The molecule has 5 heteroatoms. The summed E-state index contributed by atoms with van der Waals surface area (Å²) in [6.07, 6.45) is 6.03. The maximum atomic E-state index is 12.4. The van der Waals surface area contributed by atoms with Crippen LogP contribution < -0.4 is 0 Å². The fourth-order valence-electron chi connectivity index (χ4n) is 1.78. The zero-order valence-corrected chi connectivity index (χ0v) is 12.9. The van der Waals surface area contributed by atoms with E-state index in [0.29, 0.717) is 19.7 Å². The molecule has 0 saturated carbocycles. The van der Waals surface area contributed by atoms with Gasteiger partial charge in [0.2, 0.25) is 0 Å². The van der Waals surface area contributed by atoms with Crippen molar-refractivity contribution in [2.45, 2.75) is 59.3 Å². The molecule has 106 valence electrons. The summed E-state index contributed by atoms with van der Waals surface area (Å²) < 4.78 is 19.6. The van der Waals surface area contributed by atoms with Gasteiger partial charge in [0.15, 0.2) is 5.81 Å². The summed E-state index contributed by atoms with van der Waals surface area (Å²) >= 11 is 0. The number of rotatable bonds is 11. The normalized spacial score (nSPS) is 14.4. The number of unbranched alkanes of at least 4 members (excludes halogenated alkanes) is 3. The Morgan fingerprint density at radius 1 is 1.06 bits per heavy atom. The average Bonchev–Trinajstić information content (AvgIpc) is 2.38. The summed E-state index contributed by atoms with van der Waals surface area (Å²) in [6.45, 7) is 7.93. The van der Waals surface area contributed by atoms with E-state index in [0.717, 1.165) is 38.5 Å². The Kier molecular flexibility index (Phi) is 10.3. The molecule has 4 nitrogen and oxygen atoms in total. The summed E-state index contributed by atoms with van der Waals surface area (Å²) in [7, 11) is -3.25. The van der Waals surface area contributed by atoms with Crippen molar-refractivity contribution in [3.8, 4) is 5.81 Å². The van der Waals surface area contributed by atoms with Crippen molar-refractivity contribution in [2.24, 2.45) is 0 Å². The molecule has 0 bridgehead atoms. The number of hydrogen-bond donors (Lipinski definition) is 0. The zero-order chi connectivity index (χ0) is 13.9. The first-order chi connectivity index (χ1) is 8.64. The van der Waals surface area contributed by atoms with E-state index in [4.69, 9.17) is 9.79 Å². The van der Waals surface area contributed by atoms with E-state index in [1.54, 1.807) is 4.67 Å². The third kappa shape index (κ3) is 6.54. The maximum absolute atomic E-state index is 12.4. The van der Waals surface area contributed by atoms with E-state index in [9.17, 15) is 4.57 Å². The second kappa shape index (κ2) is 10.6. The Morgan fingerprint density at radius 2 is 1.67 bits per heavy atom. The summed E-state index contributed by atoms with van der Waals surface area (Å²) in [5, 5.41) is 9.13. The molecule has 0 spiro atoms. The van der Waals surface area contributed by atoms with Crippen LogP contribution in [-0.4, -0.2) is 24.4 Å². The summed E-state index contributed by atoms with van der Waals surface area (Å²) in [6, 6.07) is 0. The van der Waals surface area contributed by atoms with Crippen LogP contribution in [0.2, 0.25) is 0 Å². The highest BCUT2D eigenvalue weighted by Crippen LogP contribution is 2.49. The van der Waals surface area contributed by atoms with Crippen molar-refractivity contribution in [2.75, 3.05) is 19.7 Å². The predicted molar refractivity (Wildman–Crippen MR) is 75.5 cm³/mol. The van der Waals surface area contributed by atoms with Gasteiger partial charge in [0.1, 0.15) is 0 Å². The lowest BCUT2D eigenvalue weighted by atomic mass is 10.2. The van der Waals surface area contributed by atoms with Gasteiger partial charge in [-0.1, -0.05) is 40.0 Å². The second-order valence-electron chi connectivity index (χ2n) is 4.47. The number of nitriles is 1. The SMILES string of the molecule is CCCCCCOP(=O)(C#N)N(CCC)CCC. The van der Waals surface area contributed by atoms with Crippen molar-refractivity contribution < 1.29 is 9.09 Å². The molecular weight excluding hydrogens is 247 g/mol. The van der Waals surface area contributed by atoms with Crippen LogP contribution in [0, 0.1) is 11.1 Å². The average molecular weight is 274 g/mol. The molecule has 0 saturated heterocycles. The van der Waals surface area contributed by atoms with E-state index >= 15 is 0 Å². The lowest BCUT2D eigenvalue weighted by Crippen LogP contribution is -2.23. The standard InChI is InChI=1S/C13H27N2O2P/c1-4-7-8-9-12-17-18(16,13-14)15(10-5-2)11-6-3/h4-12H2,1-3H3. The molecule has 0 aliphatic carbocycles. The van der Waals surface area contributed by atoms with Crippen LogP contribution in [0.3, 0.4) is 0 Å². The third-order valence-electron chi connectivity index (χ3n) is 2.73. The van der Waals surface area contributed by atoms with Gasteiger partial charge in [0.05, 0.1) is 6.61 Å². The highest BCUT2D eigenvalue weighted by Gasteiger charge is 2.30. The minimum Gasteiger partial charge on any atom is -0.307 e. The second-order valence-corrected chi connectivity index (χ2v) is 6.53. The quantitative estimate of drug-likeness (QED) is 0.414. The van der Waals surface area contributed by atoms with Crippen LogP contribution >= 0.6 is 7.52 Å². The summed E-state index contributed by atoms with van der Waals surface area (Å²) in [4.78, 5) is 0. The van der Waals surface area contributed by atoms with Gasteiger partial charge in [0, 0.05) is 13.1 Å². The Balaban J connectivity index is 4.29. The molecule has 1 atom stereocenters. The molecule has 18 heavy (non-hydrogen) atoms. The van der Waals surface area contributed by atoms with E-state index in [1.807, 2.05) is 19.7 Å². The number of hydrogen-bond acceptors (Lipinski definition) is 3. The molecule has 0 fully saturated rings. The van der Waals surface area contributed by atoms with E-state index in [2.05, 4.69) is 6.92 Å². The highest BCUT2D eigenvalue weighted by atomic mass is 31.2. The molecule has 0 aliphatic rings. The highest BCUT2D eigenvalue weighted by molar-refractivity contribution is 7.61. The van der Waals surface area contributed by atoms with Crippen LogP contribution in [0.15, 0.2) is 0 Å². The van der Waals surface area contributed by atoms with Crippen LogP contribution in [0.5, 0.6) is 0 Å². The molecular formula is C13H27N2O2P. The van der Waals surface area contributed by atoms with Gasteiger partial charge in [0.25, 0.3) is 0 Å². The van der Waals surface area contributed by atoms with Crippen LogP contribution in [0.25, 0.3) is 0 Å². The number of nitrogens with zero attached hydrogens (tertiary/aromatic N) is 2. The molecule has 0 heterocycles. The fraction of sp³-hybridized carbons (Fsp3) is 0.923. The summed E-state index contributed by atoms with van der Waals surface area (Å²) in [5.74, 6) is 1.90. The molecule has 1 unspecified atom stereocenters. The monoisotopic (exact) mass is 274 g/mol. The summed E-state index contributed by atoms with van der Waals surface area (Å²) in [5.41, 5.74) is 0. The van der Waals surface area contributed by atoms with Crippen LogP contribution in [0.1, 0.15) is 59.3 Å². The lowest BCUT2D eigenvalue weighted by Gasteiger charge is -2.25. The first-order valence-electron chi connectivity index (χ1n) is 7.05. The maximum Gasteiger partial charge on any atom is 0.371 e. The third-order valence-corrected chi connectivity index (χ3v) is 4.66. The fourth-order valence-corrected chi connectivity index (χ4v) is 3.43. The van der Waals surface area contributed by atoms with Gasteiger partial charge in [-0.25, -0.2) is 4.67 Å². The Bertz CT molecular complexity index is 283. The van der Waals surface area contributed by atoms with E-state index in [1.165, 1.54) is 0 Å². The minimum atomic E-state index is -3.25. The van der Waals surface area contributed by atoms with Crippen molar-refractivity contribution in [3.63, 3.8) is 0 Å². The van der Waals surface area contributed by atoms with Crippen molar-refractivity contribution in [1.82, 2.24) is 4.67 Å². The molecule has 0 radical (unpaired) electrons. The largest absolute Gasteiger partial charge is 0.371 e. The topological polar surface area (TPSA) is 53.3 Å². The predicted octanol–water partition coefficient (Wildman–Crippen LogP) is 4.38. The van der Waals surface area contributed by atoms with Gasteiger partial charge in [-0.3, -0.25) is 4.57 Å². The molecule has 0 aliphatic heterocycles. The van der Waals surface area contributed by atoms with Crippen LogP contribution in [0.4, 0.5) is 0 Å². The van der Waals surface area contributed by atoms with Gasteiger partial charge < -0.3 is 4.52 Å². The van der Waals surface area contributed by atoms with Crippen molar-refractivity contribution in [1.29, 1.82) is 5.26 Å². The molecule has 0 aromatic heterocycles. The van der Waals surface area contributed by atoms with Gasteiger partial charge in [-0.2, -0.15) is 5.26 Å². The Hall–Kier alpha value is -0.360. The first kappa shape index (κ1) is 17.6. The van der Waals surface area contributed by atoms with Gasteiger partial charge >= 0.3 is 7.52 Å². The van der Waals surface area contributed by atoms with Gasteiger partial charge in [-0.15, -0.1) is 0 Å². The van der Waals surface area contributed by atoms with E-state index in [-0.39, 0.29) is 0 Å². The molecule has 0 N–H and O–H groups in total. The Morgan fingerprint density at radius 3 is 2.11 bits per heavy atom. The molecule has 0 amide bonds. The van der Waals surface area contributed by atoms with Crippen LogP contribution in [-0.2, 0) is 9.09 Å². The zero-order valence-electron chi connectivity index (χ0n) is 12.0. The van der Waals surface area contributed by atoms with Crippen molar-refractivity contribution in [3.05, 3.63) is 0 Å². The lowest BCUT2D eigenvalue weighted by molar-refractivity contribution is 0.260.